The smallest absolute Gasteiger partial charge is 0.407 e. The molecule has 32 heavy (non-hydrogen) atoms. The van der Waals surface area contributed by atoms with E-state index in [9.17, 15) is 14.7 Å². The zero-order valence-corrected chi connectivity index (χ0v) is 18.4. The average Bonchev–Trinajstić information content (AvgIpc) is 2.80. The molecule has 2 amide bonds. The fourth-order valence-corrected chi connectivity index (χ4v) is 4.29. The second-order valence-corrected chi connectivity index (χ2v) is 8.27. The summed E-state index contributed by atoms with van der Waals surface area (Å²) in [4.78, 5) is 32.2. The van der Waals surface area contributed by atoms with Gasteiger partial charge in [-0.1, -0.05) is 29.8 Å². The Labute approximate surface area is 190 Å². The maximum absolute atomic E-state index is 13.1. The molecule has 1 atom stereocenters. The Hall–Kier alpha value is -3.63. The molecule has 2 aromatic carbocycles. The summed E-state index contributed by atoms with van der Waals surface area (Å²) in [5.41, 5.74) is 3.99. The molecule has 1 fully saturated rings. The Morgan fingerprint density at radius 3 is 2.53 bits per heavy atom. The maximum atomic E-state index is 13.1. The number of hydrogen-bond donors (Lipinski definition) is 1. The lowest BCUT2D eigenvalue weighted by Crippen LogP contribution is -2.55. The van der Waals surface area contributed by atoms with Crippen LogP contribution in [-0.2, 0) is 0 Å². The quantitative estimate of drug-likeness (QED) is 0.619. The highest BCUT2D eigenvalue weighted by Crippen LogP contribution is 2.33. The van der Waals surface area contributed by atoms with Gasteiger partial charge in [0.15, 0.2) is 0 Å². The van der Waals surface area contributed by atoms with Crippen LogP contribution in [0.5, 0.6) is 0 Å². The van der Waals surface area contributed by atoms with Crippen LogP contribution in [0.25, 0.3) is 22.2 Å². The first-order chi connectivity index (χ1) is 15.3. The Morgan fingerprint density at radius 2 is 1.91 bits per heavy atom. The van der Waals surface area contributed by atoms with E-state index in [0.29, 0.717) is 40.4 Å². The number of hydrogen-bond acceptors (Lipinski definition) is 4. The Morgan fingerprint density at radius 1 is 1.19 bits per heavy atom. The van der Waals surface area contributed by atoms with E-state index in [2.05, 4.69) is 6.07 Å². The molecule has 0 spiro atoms. The zero-order valence-electron chi connectivity index (χ0n) is 17.7. The van der Waals surface area contributed by atoms with E-state index in [1.54, 1.807) is 42.2 Å². The average molecular weight is 449 g/mol. The van der Waals surface area contributed by atoms with E-state index in [0.717, 1.165) is 16.5 Å². The highest BCUT2D eigenvalue weighted by atomic mass is 35.5. The molecule has 0 radical (unpaired) electrons. The summed E-state index contributed by atoms with van der Waals surface area (Å²) in [5, 5.41) is 19.6. The van der Waals surface area contributed by atoms with Crippen molar-refractivity contribution in [2.24, 2.45) is 0 Å². The molecular weight excluding hydrogens is 428 g/mol. The van der Waals surface area contributed by atoms with Crippen LogP contribution in [0.15, 0.2) is 42.5 Å². The van der Waals surface area contributed by atoms with E-state index < -0.39 is 6.09 Å². The molecule has 1 unspecified atom stereocenters. The molecule has 8 heteroatoms. The number of nitriles is 1. The van der Waals surface area contributed by atoms with Crippen LogP contribution in [0.2, 0.25) is 5.02 Å². The van der Waals surface area contributed by atoms with Gasteiger partial charge in [-0.05, 0) is 43.7 Å². The van der Waals surface area contributed by atoms with E-state index in [-0.39, 0.29) is 18.5 Å². The Balaban J connectivity index is 1.69. The number of carboxylic acid groups (broad SMARTS) is 1. The van der Waals surface area contributed by atoms with Gasteiger partial charge in [-0.25, -0.2) is 9.78 Å². The molecule has 3 aromatic rings. The minimum Gasteiger partial charge on any atom is -0.465 e. The first kappa shape index (κ1) is 21.6. The third-order valence-electron chi connectivity index (χ3n) is 5.85. The van der Waals surface area contributed by atoms with Crippen LogP contribution in [0.1, 0.15) is 28.4 Å². The number of rotatable bonds is 2. The minimum absolute atomic E-state index is 0.165. The van der Waals surface area contributed by atoms with E-state index in [1.807, 2.05) is 19.1 Å². The van der Waals surface area contributed by atoms with Crippen LogP contribution in [0.3, 0.4) is 0 Å². The fourth-order valence-electron chi connectivity index (χ4n) is 4.05. The summed E-state index contributed by atoms with van der Waals surface area (Å²) >= 11 is 6.64. The molecule has 4 rings (SSSR count). The van der Waals surface area contributed by atoms with Crippen molar-refractivity contribution in [3.05, 3.63) is 64.2 Å². The number of pyridine rings is 1. The molecule has 7 nitrogen and oxygen atoms in total. The normalized spacial score (nSPS) is 16.1. The van der Waals surface area contributed by atoms with Crippen molar-refractivity contribution in [3.8, 4) is 17.3 Å². The largest absolute Gasteiger partial charge is 0.465 e. The van der Waals surface area contributed by atoms with Crippen LogP contribution in [-0.4, -0.2) is 57.6 Å². The molecule has 0 bridgehead atoms. The lowest BCUT2D eigenvalue weighted by atomic mass is 10.0. The summed E-state index contributed by atoms with van der Waals surface area (Å²) in [6, 6.07) is 14.2. The van der Waals surface area contributed by atoms with Gasteiger partial charge in [-0.3, -0.25) is 4.79 Å². The van der Waals surface area contributed by atoms with Crippen LogP contribution >= 0.6 is 11.6 Å². The lowest BCUT2D eigenvalue weighted by molar-refractivity contribution is 0.0507. The summed E-state index contributed by atoms with van der Waals surface area (Å²) in [6.45, 7) is 4.64. The van der Waals surface area contributed by atoms with Crippen molar-refractivity contribution in [2.45, 2.75) is 19.9 Å². The molecular formula is C24H21ClN4O3. The number of benzene rings is 2. The highest BCUT2D eigenvalue weighted by Gasteiger charge is 2.30. The molecule has 1 aliphatic heterocycles. The van der Waals surface area contributed by atoms with E-state index in [1.165, 1.54) is 4.90 Å². The number of piperazine rings is 1. The lowest BCUT2D eigenvalue weighted by Gasteiger charge is -2.38. The second kappa shape index (κ2) is 8.48. The minimum atomic E-state index is -0.972. The predicted octanol–water partition coefficient (Wildman–Crippen LogP) is 4.56. The van der Waals surface area contributed by atoms with Crippen molar-refractivity contribution in [1.82, 2.24) is 14.8 Å². The number of carbonyl (C=O) groups excluding carboxylic acids is 1. The van der Waals surface area contributed by atoms with Crippen molar-refractivity contribution in [2.75, 3.05) is 19.6 Å². The third kappa shape index (κ3) is 3.85. The second-order valence-electron chi connectivity index (χ2n) is 7.90. The van der Waals surface area contributed by atoms with Crippen molar-refractivity contribution in [3.63, 3.8) is 0 Å². The van der Waals surface area contributed by atoms with Gasteiger partial charge in [0.05, 0.1) is 27.9 Å². The Bertz CT molecular complexity index is 1270. The van der Waals surface area contributed by atoms with Crippen LogP contribution in [0, 0.1) is 18.3 Å². The van der Waals surface area contributed by atoms with E-state index >= 15 is 0 Å². The SMILES string of the molecule is Cc1c(-c2ccc(C#N)cc2)nc2cc(C(=O)N3CCN(C(=O)O)C(C)C3)ccc2c1Cl. The molecule has 1 N–H and O–H groups in total. The summed E-state index contributed by atoms with van der Waals surface area (Å²) in [6.07, 6.45) is -0.972. The first-order valence-electron chi connectivity index (χ1n) is 10.2. The molecule has 1 aliphatic rings. The van der Waals surface area contributed by atoms with E-state index in [4.69, 9.17) is 21.8 Å². The monoisotopic (exact) mass is 448 g/mol. The van der Waals surface area contributed by atoms with Gasteiger partial charge in [0.25, 0.3) is 5.91 Å². The zero-order chi connectivity index (χ0) is 23.0. The number of aromatic nitrogens is 1. The molecule has 1 saturated heterocycles. The van der Waals surface area contributed by atoms with Crippen molar-refractivity contribution < 1.29 is 14.7 Å². The number of fused-ring (bicyclic) bond motifs is 1. The number of amides is 2. The standard InChI is InChI=1S/C24H21ClN4O3/c1-14-13-28(9-10-29(14)24(31)32)23(30)18-7-8-19-20(11-18)27-22(15(2)21(19)25)17-5-3-16(12-26)4-6-17/h3-8,11,14H,9-10,13H2,1-2H3,(H,31,32). The highest BCUT2D eigenvalue weighted by molar-refractivity contribution is 6.36. The summed E-state index contributed by atoms with van der Waals surface area (Å²) in [7, 11) is 0. The maximum Gasteiger partial charge on any atom is 0.407 e. The van der Waals surface area contributed by atoms with Gasteiger partial charge in [0.2, 0.25) is 0 Å². The van der Waals surface area contributed by atoms with Gasteiger partial charge >= 0.3 is 6.09 Å². The molecule has 1 aromatic heterocycles. The number of nitrogens with zero attached hydrogens (tertiary/aromatic N) is 4. The van der Waals surface area contributed by atoms with Crippen LogP contribution in [0.4, 0.5) is 4.79 Å². The summed E-state index contributed by atoms with van der Waals surface area (Å²) < 4.78 is 0. The van der Waals surface area contributed by atoms with Crippen molar-refractivity contribution in [1.29, 1.82) is 5.26 Å². The molecule has 2 heterocycles. The molecule has 0 saturated carbocycles. The van der Waals surface area contributed by atoms with Gasteiger partial charge < -0.3 is 14.9 Å². The Kier molecular flexibility index (Phi) is 5.72. The fraction of sp³-hybridized carbons (Fsp3) is 0.250. The van der Waals surface area contributed by atoms with Gasteiger partial charge in [0, 0.05) is 42.2 Å². The number of carbonyl (C=O) groups is 2. The van der Waals surface area contributed by atoms with Crippen molar-refractivity contribution >= 4 is 34.5 Å². The van der Waals surface area contributed by atoms with Gasteiger partial charge in [-0.15, -0.1) is 0 Å². The first-order valence-corrected chi connectivity index (χ1v) is 10.6. The predicted molar refractivity (Wildman–Crippen MR) is 122 cm³/mol. The van der Waals surface area contributed by atoms with Gasteiger partial charge in [-0.2, -0.15) is 5.26 Å². The topological polar surface area (TPSA) is 97.5 Å². The number of halogens is 1. The van der Waals surface area contributed by atoms with Gasteiger partial charge in [0.1, 0.15) is 0 Å². The third-order valence-corrected chi connectivity index (χ3v) is 6.33. The molecule has 162 valence electrons. The molecule has 0 aliphatic carbocycles. The van der Waals surface area contributed by atoms with Crippen LogP contribution < -0.4 is 0 Å². The summed E-state index contributed by atoms with van der Waals surface area (Å²) in [5.74, 6) is -0.165.